The number of hydrogen-bond acceptors (Lipinski definition) is 5. The Morgan fingerprint density at radius 2 is 2.09 bits per heavy atom. The monoisotopic (exact) mass is 305 g/mol. The van der Waals surface area contributed by atoms with Crippen molar-refractivity contribution in [3.8, 4) is 0 Å². The van der Waals surface area contributed by atoms with Gasteiger partial charge in [-0.3, -0.25) is 9.59 Å². The third-order valence-corrected chi connectivity index (χ3v) is 3.44. The van der Waals surface area contributed by atoms with E-state index in [2.05, 4.69) is 34.4 Å². The van der Waals surface area contributed by atoms with E-state index in [9.17, 15) is 9.59 Å². The van der Waals surface area contributed by atoms with Crippen LogP contribution in [0.4, 0.5) is 5.95 Å². The molecule has 2 N–H and O–H groups in total. The maximum atomic E-state index is 12.1. The van der Waals surface area contributed by atoms with Gasteiger partial charge in [0, 0.05) is 45.0 Å². The third-order valence-electron chi connectivity index (χ3n) is 3.44. The van der Waals surface area contributed by atoms with Crippen molar-refractivity contribution in [3.63, 3.8) is 0 Å². The Labute approximate surface area is 130 Å². The Hall–Kier alpha value is -2.18. The second kappa shape index (κ2) is 7.72. The molecule has 120 valence electrons. The number of anilines is 1. The standard InChI is InChI=1S/C15H23N5O2/c1-11(2)9-20-10-12(8-13(20)21)14(22)16-6-7-19-15-17-4-3-5-18-15/h3-5,11-12H,6-10H2,1-2H3,(H,16,22)(H,17,18,19)/t12-/m0/s1. The summed E-state index contributed by atoms with van der Waals surface area (Å²) >= 11 is 0. The van der Waals surface area contributed by atoms with Gasteiger partial charge in [0.05, 0.1) is 5.92 Å². The average molecular weight is 305 g/mol. The highest BCUT2D eigenvalue weighted by atomic mass is 16.2. The minimum atomic E-state index is -0.237. The summed E-state index contributed by atoms with van der Waals surface area (Å²) in [5, 5.41) is 5.87. The molecule has 1 aliphatic rings. The first-order valence-corrected chi connectivity index (χ1v) is 7.62. The van der Waals surface area contributed by atoms with E-state index in [1.807, 2.05) is 0 Å². The molecule has 1 aromatic rings. The lowest BCUT2D eigenvalue weighted by molar-refractivity contribution is -0.129. The van der Waals surface area contributed by atoms with E-state index in [0.29, 0.717) is 37.9 Å². The first-order chi connectivity index (χ1) is 10.6. The van der Waals surface area contributed by atoms with Gasteiger partial charge in [0.15, 0.2) is 0 Å². The van der Waals surface area contributed by atoms with Crippen molar-refractivity contribution in [2.45, 2.75) is 20.3 Å². The van der Waals surface area contributed by atoms with Crippen molar-refractivity contribution >= 4 is 17.8 Å². The molecule has 1 atom stereocenters. The minimum Gasteiger partial charge on any atom is -0.354 e. The molecule has 7 nitrogen and oxygen atoms in total. The Morgan fingerprint density at radius 3 is 2.77 bits per heavy atom. The molecule has 0 spiro atoms. The molecule has 1 saturated heterocycles. The van der Waals surface area contributed by atoms with Crippen molar-refractivity contribution < 1.29 is 9.59 Å². The largest absolute Gasteiger partial charge is 0.354 e. The zero-order valence-corrected chi connectivity index (χ0v) is 13.1. The first-order valence-electron chi connectivity index (χ1n) is 7.62. The molecule has 1 aliphatic heterocycles. The topological polar surface area (TPSA) is 87.2 Å². The molecule has 1 fully saturated rings. The highest BCUT2D eigenvalue weighted by Crippen LogP contribution is 2.19. The van der Waals surface area contributed by atoms with Crippen LogP contribution in [0.25, 0.3) is 0 Å². The van der Waals surface area contributed by atoms with Crippen LogP contribution in [0.15, 0.2) is 18.5 Å². The summed E-state index contributed by atoms with van der Waals surface area (Å²) in [5.41, 5.74) is 0. The number of likely N-dealkylation sites (tertiary alicyclic amines) is 1. The fourth-order valence-corrected chi connectivity index (χ4v) is 2.46. The predicted octanol–water partition coefficient (Wildman–Crippen LogP) is 0.509. The van der Waals surface area contributed by atoms with Gasteiger partial charge in [-0.2, -0.15) is 0 Å². The number of nitrogens with one attached hydrogen (secondary N) is 2. The number of carbonyl (C=O) groups is 2. The second-order valence-electron chi connectivity index (χ2n) is 5.88. The Bertz CT molecular complexity index is 506. The van der Waals surface area contributed by atoms with Crippen LogP contribution in [0.2, 0.25) is 0 Å². The minimum absolute atomic E-state index is 0.0598. The average Bonchev–Trinajstić information content (AvgIpc) is 2.85. The van der Waals surface area contributed by atoms with Crippen LogP contribution >= 0.6 is 0 Å². The summed E-state index contributed by atoms with van der Waals surface area (Å²) in [4.78, 5) is 33.8. The smallest absolute Gasteiger partial charge is 0.225 e. The number of hydrogen-bond donors (Lipinski definition) is 2. The second-order valence-corrected chi connectivity index (χ2v) is 5.88. The van der Waals surface area contributed by atoms with Gasteiger partial charge >= 0.3 is 0 Å². The van der Waals surface area contributed by atoms with E-state index in [0.717, 1.165) is 6.54 Å². The van der Waals surface area contributed by atoms with Crippen LogP contribution in [0.3, 0.4) is 0 Å². The summed E-state index contributed by atoms with van der Waals surface area (Å²) in [6.45, 7) is 6.40. The van der Waals surface area contributed by atoms with Gasteiger partial charge in [-0.05, 0) is 12.0 Å². The van der Waals surface area contributed by atoms with E-state index < -0.39 is 0 Å². The van der Waals surface area contributed by atoms with Crippen LogP contribution in [0.1, 0.15) is 20.3 Å². The first kappa shape index (κ1) is 16.2. The van der Waals surface area contributed by atoms with Gasteiger partial charge in [-0.15, -0.1) is 0 Å². The number of aromatic nitrogens is 2. The molecule has 22 heavy (non-hydrogen) atoms. The highest BCUT2D eigenvalue weighted by Gasteiger charge is 2.34. The molecule has 0 bridgehead atoms. The molecule has 2 heterocycles. The molecule has 0 unspecified atom stereocenters. The Balaban J connectivity index is 1.68. The van der Waals surface area contributed by atoms with Crippen LogP contribution in [0, 0.1) is 11.8 Å². The summed E-state index contributed by atoms with van der Waals surface area (Å²) < 4.78 is 0. The molecule has 0 saturated carbocycles. The van der Waals surface area contributed by atoms with Crippen LogP contribution in [-0.4, -0.2) is 52.9 Å². The predicted molar refractivity (Wildman–Crippen MR) is 83.1 cm³/mol. The van der Waals surface area contributed by atoms with Crippen LogP contribution in [0.5, 0.6) is 0 Å². The van der Waals surface area contributed by atoms with E-state index in [4.69, 9.17) is 0 Å². The van der Waals surface area contributed by atoms with Crippen molar-refractivity contribution in [1.29, 1.82) is 0 Å². The van der Waals surface area contributed by atoms with E-state index in [-0.39, 0.29) is 17.7 Å². The third kappa shape index (κ3) is 4.68. The van der Waals surface area contributed by atoms with Crippen LogP contribution in [-0.2, 0) is 9.59 Å². The van der Waals surface area contributed by atoms with Gasteiger partial charge in [0.2, 0.25) is 17.8 Å². The molecule has 1 aromatic heterocycles. The highest BCUT2D eigenvalue weighted by molar-refractivity contribution is 5.89. The lowest BCUT2D eigenvalue weighted by Crippen LogP contribution is -2.36. The van der Waals surface area contributed by atoms with Gasteiger partial charge in [-0.1, -0.05) is 13.8 Å². The van der Waals surface area contributed by atoms with E-state index >= 15 is 0 Å². The Morgan fingerprint density at radius 1 is 1.36 bits per heavy atom. The lowest BCUT2D eigenvalue weighted by Gasteiger charge is -2.18. The number of carbonyl (C=O) groups excluding carboxylic acids is 2. The molecule has 0 radical (unpaired) electrons. The van der Waals surface area contributed by atoms with E-state index in [1.165, 1.54) is 0 Å². The van der Waals surface area contributed by atoms with Crippen molar-refractivity contribution in [2.24, 2.45) is 11.8 Å². The van der Waals surface area contributed by atoms with Crippen molar-refractivity contribution in [3.05, 3.63) is 18.5 Å². The molecule has 0 aromatic carbocycles. The Kier molecular flexibility index (Phi) is 5.68. The normalized spacial score (nSPS) is 17.9. The summed E-state index contributed by atoms with van der Waals surface area (Å²) in [5.74, 6) is 0.732. The molecule has 2 rings (SSSR count). The van der Waals surface area contributed by atoms with Crippen molar-refractivity contribution in [2.75, 3.05) is 31.5 Å². The molecular formula is C15H23N5O2. The zero-order valence-electron chi connectivity index (χ0n) is 13.1. The van der Waals surface area contributed by atoms with Gasteiger partial charge in [-0.25, -0.2) is 9.97 Å². The zero-order chi connectivity index (χ0) is 15.9. The maximum Gasteiger partial charge on any atom is 0.225 e. The van der Waals surface area contributed by atoms with Gasteiger partial charge in [0.25, 0.3) is 0 Å². The fraction of sp³-hybridized carbons (Fsp3) is 0.600. The molecule has 0 aliphatic carbocycles. The molecule has 7 heteroatoms. The van der Waals surface area contributed by atoms with Gasteiger partial charge < -0.3 is 15.5 Å². The molecule has 2 amide bonds. The van der Waals surface area contributed by atoms with Gasteiger partial charge in [0.1, 0.15) is 0 Å². The SMILES string of the molecule is CC(C)CN1C[C@@H](C(=O)NCCNc2ncccn2)CC1=O. The summed E-state index contributed by atoms with van der Waals surface area (Å²) in [6, 6.07) is 1.74. The van der Waals surface area contributed by atoms with E-state index in [1.54, 1.807) is 23.4 Å². The lowest BCUT2D eigenvalue weighted by atomic mass is 10.1. The maximum absolute atomic E-state index is 12.1. The summed E-state index contributed by atoms with van der Waals surface area (Å²) in [6.07, 6.45) is 3.62. The fourth-order valence-electron chi connectivity index (χ4n) is 2.46. The summed E-state index contributed by atoms with van der Waals surface area (Å²) in [7, 11) is 0. The van der Waals surface area contributed by atoms with Crippen molar-refractivity contribution in [1.82, 2.24) is 20.2 Å². The quantitative estimate of drug-likeness (QED) is 0.717. The number of amides is 2. The number of rotatable bonds is 7. The van der Waals surface area contributed by atoms with Crippen LogP contribution < -0.4 is 10.6 Å². The number of nitrogens with zero attached hydrogens (tertiary/aromatic N) is 3. The molecular weight excluding hydrogens is 282 g/mol.